The Bertz CT molecular complexity index is 526. The van der Waals surface area contributed by atoms with Gasteiger partial charge in [0.15, 0.2) is 0 Å². The molecule has 0 spiro atoms. The molecule has 16 heavy (non-hydrogen) atoms. The molecule has 0 radical (unpaired) electrons. The zero-order chi connectivity index (χ0) is 11.5. The minimum Gasteiger partial charge on any atom is -0.366 e. The van der Waals surface area contributed by atoms with Gasteiger partial charge in [-0.1, -0.05) is 12.1 Å². The van der Waals surface area contributed by atoms with Gasteiger partial charge in [-0.25, -0.2) is 4.39 Å². The Labute approximate surface area is 91.7 Å². The lowest BCUT2D eigenvalue weighted by molar-refractivity contribution is 0.1000. The molecule has 0 unspecified atom stereocenters. The van der Waals surface area contributed by atoms with Crippen LogP contribution in [0.4, 0.5) is 4.39 Å². The minimum atomic E-state index is -0.642. The molecule has 0 bridgehead atoms. The number of pyridine rings is 1. The number of halogens is 1. The monoisotopic (exact) mass is 216 g/mol. The second-order valence-electron chi connectivity index (χ2n) is 3.30. The van der Waals surface area contributed by atoms with Crippen molar-refractivity contribution in [3.63, 3.8) is 0 Å². The summed E-state index contributed by atoms with van der Waals surface area (Å²) in [6.07, 6.45) is 3.17. The average Bonchev–Trinajstić information content (AvgIpc) is 2.30. The summed E-state index contributed by atoms with van der Waals surface area (Å²) in [5, 5.41) is 0. The van der Waals surface area contributed by atoms with Crippen LogP contribution in [0, 0.1) is 5.82 Å². The molecular weight excluding hydrogens is 207 g/mol. The van der Waals surface area contributed by atoms with Crippen LogP contribution in [0.2, 0.25) is 0 Å². The highest BCUT2D eigenvalue weighted by atomic mass is 19.1. The number of benzene rings is 1. The largest absolute Gasteiger partial charge is 0.366 e. The summed E-state index contributed by atoms with van der Waals surface area (Å²) < 4.78 is 13.7. The number of primary amides is 1. The van der Waals surface area contributed by atoms with Gasteiger partial charge in [0.25, 0.3) is 0 Å². The smallest absolute Gasteiger partial charge is 0.248 e. The first-order valence-electron chi connectivity index (χ1n) is 4.68. The molecule has 0 aliphatic carbocycles. The van der Waals surface area contributed by atoms with Gasteiger partial charge in [0.05, 0.1) is 0 Å². The summed E-state index contributed by atoms with van der Waals surface area (Å²) >= 11 is 0. The van der Waals surface area contributed by atoms with Gasteiger partial charge < -0.3 is 5.73 Å². The van der Waals surface area contributed by atoms with Crippen LogP contribution in [0.25, 0.3) is 11.1 Å². The Morgan fingerprint density at radius 2 is 2.12 bits per heavy atom. The van der Waals surface area contributed by atoms with E-state index >= 15 is 0 Å². The molecule has 3 nitrogen and oxygen atoms in total. The number of hydrogen-bond acceptors (Lipinski definition) is 2. The summed E-state index contributed by atoms with van der Waals surface area (Å²) in [5.41, 5.74) is 6.27. The molecule has 2 rings (SSSR count). The minimum absolute atomic E-state index is 0.158. The molecule has 0 saturated heterocycles. The first kappa shape index (κ1) is 10.3. The Balaban J connectivity index is 2.48. The number of nitrogens with two attached hydrogens (primary N) is 1. The van der Waals surface area contributed by atoms with Crippen molar-refractivity contribution in [3.05, 3.63) is 54.1 Å². The normalized spacial score (nSPS) is 10.1. The van der Waals surface area contributed by atoms with Crippen molar-refractivity contribution >= 4 is 5.91 Å². The van der Waals surface area contributed by atoms with Gasteiger partial charge in [0, 0.05) is 29.1 Å². The van der Waals surface area contributed by atoms with Crippen molar-refractivity contribution in [1.82, 2.24) is 4.98 Å². The number of amides is 1. The zero-order valence-electron chi connectivity index (χ0n) is 8.35. The molecule has 2 N–H and O–H groups in total. The van der Waals surface area contributed by atoms with Crippen LogP contribution in [-0.2, 0) is 0 Å². The Kier molecular flexibility index (Phi) is 2.64. The van der Waals surface area contributed by atoms with E-state index < -0.39 is 11.7 Å². The molecule has 1 aromatic heterocycles. The van der Waals surface area contributed by atoms with Gasteiger partial charge in [-0.2, -0.15) is 0 Å². The molecule has 0 aliphatic heterocycles. The summed E-state index contributed by atoms with van der Waals surface area (Å²) in [5.74, 6) is -1.12. The number of hydrogen-bond donors (Lipinski definition) is 1. The number of nitrogens with zero attached hydrogens (tertiary/aromatic N) is 1. The van der Waals surface area contributed by atoms with E-state index in [4.69, 9.17) is 5.73 Å². The number of aromatic nitrogens is 1. The molecule has 1 aromatic carbocycles. The van der Waals surface area contributed by atoms with Gasteiger partial charge in [-0.05, 0) is 18.2 Å². The van der Waals surface area contributed by atoms with E-state index in [0.717, 1.165) is 6.07 Å². The molecule has 1 heterocycles. The number of rotatable bonds is 2. The van der Waals surface area contributed by atoms with E-state index in [-0.39, 0.29) is 5.56 Å². The average molecular weight is 216 g/mol. The van der Waals surface area contributed by atoms with Crippen molar-refractivity contribution in [2.45, 2.75) is 0 Å². The predicted octanol–water partition coefficient (Wildman–Crippen LogP) is 1.99. The topological polar surface area (TPSA) is 56.0 Å². The van der Waals surface area contributed by atoms with E-state index in [9.17, 15) is 9.18 Å². The van der Waals surface area contributed by atoms with Crippen LogP contribution < -0.4 is 5.73 Å². The maximum absolute atomic E-state index is 13.7. The number of carbonyl (C=O) groups excluding carboxylic acids is 1. The van der Waals surface area contributed by atoms with Crippen LogP contribution in [0.15, 0.2) is 42.7 Å². The standard InChI is InChI=1S/C12H9FN2O/c13-11-6-8(12(14)16)3-4-10(11)9-2-1-5-15-7-9/h1-7H,(H2,14,16). The molecule has 0 aliphatic rings. The van der Waals surface area contributed by atoms with Crippen molar-refractivity contribution < 1.29 is 9.18 Å². The molecule has 0 fully saturated rings. The first-order valence-corrected chi connectivity index (χ1v) is 4.68. The van der Waals surface area contributed by atoms with E-state index in [1.54, 1.807) is 24.5 Å². The van der Waals surface area contributed by atoms with E-state index in [1.807, 2.05) is 0 Å². The molecule has 1 amide bonds. The Hall–Kier alpha value is -2.23. The number of carbonyl (C=O) groups is 1. The first-order chi connectivity index (χ1) is 7.68. The lowest BCUT2D eigenvalue weighted by Gasteiger charge is -2.03. The fourth-order valence-electron chi connectivity index (χ4n) is 1.42. The van der Waals surface area contributed by atoms with E-state index in [0.29, 0.717) is 11.1 Å². The highest BCUT2D eigenvalue weighted by molar-refractivity contribution is 5.93. The van der Waals surface area contributed by atoms with Crippen LogP contribution in [-0.4, -0.2) is 10.9 Å². The molecular formula is C12H9FN2O. The Morgan fingerprint density at radius 3 is 2.69 bits per heavy atom. The molecule has 80 valence electrons. The molecule has 4 heteroatoms. The van der Waals surface area contributed by atoms with Crippen molar-refractivity contribution in [1.29, 1.82) is 0 Å². The summed E-state index contributed by atoms with van der Waals surface area (Å²) in [4.78, 5) is 14.7. The lowest BCUT2D eigenvalue weighted by atomic mass is 10.0. The SMILES string of the molecule is NC(=O)c1ccc(-c2cccnc2)c(F)c1. The molecule has 2 aromatic rings. The third kappa shape index (κ3) is 1.91. The van der Waals surface area contributed by atoms with Gasteiger partial charge >= 0.3 is 0 Å². The molecule has 0 atom stereocenters. The predicted molar refractivity (Wildman–Crippen MR) is 58.1 cm³/mol. The van der Waals surface area contributed by atoms with E-state index in [2.05, 4.69) is 4.98 Å². The van der Waals surface area contributed by atoms with Crippen molar-refractivity contribution in [3.8, 4) is 11.1 Å². The fourth-order valence-corrected chi connectivity index (χ4v) is 1.42. The van der Waals surface area contributed by atoms with Crippen LogP contribution in [0.3, 0.4) is 0 Å². The van der Waals surface area contributed by atoms with Gasteiger partial charge in [-0.3, -0.25) is 9.78 Å². The second kappa shape index (κ2) is 4.10. The zero-order valence-corrected chi connectivity index (χ0v) is 8.35. The molecule has 0 saturated carbocycles. The summed E-state index contributed by atoms with van der Waals surface area (Å²) in [6.45, 7) is 0. The van der Waals surface area contributed by atoms with Gasteiger partial charge in [0.1, 0.15) is 5.82 Å². The maximum Gasteiger partial charge on any atom is 0.248 e. The quantitative estimate of drug-likeness (QED) is 0.834. The highest BCUT2D eigenvalue weighted by Gasteiger charge is 2.08. The third-order valence-corrected chi connectivity index (χ3v) is 2.23. The highest BCUT2D eigenvalue weighted by Crippen LogP contribution is 2.22. The van der Waals surface area contributed by atoms with E-state index in [1.165, 1.54) is 12.1 Å². The third-order valence-electron chi connectivity index (χ3n) is 2.23. The maximum atomic E-state index is 13.7. The van der Waals surface area contributed by atoms with Gasteiger partial charge in [-0.15, -0.1) is 0 Å². The van der Waals surface area contributed by atoms with Crippen LogP contribution >= 0.6 is 0 Å². The van der Waals surface area contributed by atoms with Crippen LogP contribution in [0.1, 0.15) is 10.4 Å². The summed E-state index contributed by atoms with van der Waals surface area (Å²) in [6, 6.07) is 7.61. The van der Waals surface area contributed by atoms with Crippen molar-refractivity contribution in [2.24, 2.45) is 5.73 Å². The van der Waals surface area contributed by atoms with Gasteiger partial charge in [0.2, 0.25) is 5.91 Å². The van der Waals surface area contributed by atoms with Crippen LogP contribution in [0.5, 0.6) is 0 Å². The lowest BCUT2D eigenvalue weighted by Crippen LogP contribution is -2.11. The Morgan fingerprint density at radius 1 is 1.31 bits per heavy atom. The van der Waals surface area contributed by atoms with Crippen molar-refractivity contribution in [2.75, 3.05) is 0 Å². The fraction of sp³-hybridized carbons (Fsp3) is 0. The summed E-state index contributed by atoms with van der Waals surface area (Å²) in [7, 11) is 0. The second-order valence-corrected chi connectivity index (χ2v) is 3.30.